The molecule has 0 aromatic heterocycles. The molecule has 2 aromatic rings. The smallest absolute Gasteiger partial charge is 0.229 e. The number of hydrogen-bond acceptors (Lipinski definition) is 2. The second-order valence-corrected chi connectivity index (χ2v) is 7.99. The maximum Gasteiger partial charge on any atom is 0.229 e. The highest BCUT2D eigenvalue weighted by Gasteiger charge is 2.24. The summed E-state index contributed by atoms with van der Waals surface area (Å²) in [6.07, 6.45) is 9.50. The predicted molar refractivity (Wildman–Crippen MR) is 112 cm³/mol. The molecule has 1 fully saturated rings. The molecule has 0 heterocycles. The van der Waals surface area contributed by atoms with Crippen LogP contribution in [0, 0.1) is 11.7 Å². The second kappa shape index (κ2) is 10.6. The van der Waals surface area contributed by atoms with Crippen LogP contribution in [0.15, 0.2) is 48.5 Å². The standard InChI is InChI=1S/C25H33FO2/c1-3-4-6-9-19-12-14-20(15-13-19)21-16-17-23(24(26)18-21)25(27-2)28-22-10-7-5-8-11-22/h5,7-8,10-11,16-20,25H,3-4,6,9,12-15H2,1-2H3. The lowest BCUT2D eigenvalue weighted by molar-refractivity contribution is -0.0584. The molecular weight excluding hydrogens is 351 g/mol. The van der Waals surface area contributed by atoms with Gasteiger partial charge in [-0.3, -0.25) is 0 Å². The monoisotopic (exact) mass is 384 g/mol. The average molecular weight is 385 g/mol. The van der Waals surface area contributed by atoms with Crippen LogP contribution in [0.4, 0.5) is 4.39 Å². The Morgan fingerprint density at radius 3 is 2.39 bits per heavy atom. The Labute approximate surface area is 169 Å². The molecule has 1 aliphatic rings. The van der Waals surface area contributed by atoms with Crippen LogP contribution in [-0.4, -0.2) is 7.11 Å². The molecule has 3 heteroatoms. The van der Waals surface area contributed by atoms with Gasteiger partial charge in [0.05, 0.1) is 5.56 Å². The molecule has 0 N–H and O–H groups in total. The number of ether oxygens (including phenoxy) is 2. The molecule has 1 atom stereocenters. The first-order valence-corrected chi connectivity index (χ1v) is 10.7. The molecule has 0 amide bonds. The topological polar surface area (TPSA) is 18.5 Å². The molecule has 0 aliphatic heterocycles. The third-order valence-corrected chi connectivity index (χ3v) is 6.01. The fourth-order valence-corrected chi connectivity index (χ4v) is 4.32. The SMILES string of the molecule is CCCCCC1CCC(c2ccc(C(OC)Oc3ccccc3)c(F)c2)CC1. The van der Waals surface area contributed by atoms with E-state index in [4.69, 9.17) is 9.47 Å². The Morgan fingerprint density at radius 1 is 1.00 bits per heavy atom. The van der Waals surface area contributed by atoms with Crippen LogP contribution in [0.1, 0.15) is 81.6 Å². The average Bonchev–Trinajstić information content (AvgIpc) is 2.74. The van der Waals surface area contributed by atoms with Gasteiger partial charge in [0.1, 0.15) is 11.6 Å². The summed E-state index contributed by atoms with van der Waals surface area (Å²) in [6, 6.07) is 15.0. The van der Waals surface area contributed by atoms with Gasteiger partial charge in [0.15, 0.2) is 0 Å². The number of unbranched alkanes of at least 4 members (excludes halogenated alkanes) is 2. The summed E-state index contributed by atoms with van der Waals surface area (Å²) in [7, 11) is 1.54. The van der Waals surface area contributed by atoms with E-state index in [0.717, 1.165) is 11.5 Å². The van der Waals surface area contributed by atoms with Crippen LogP contribution in [-0.2, 0) is 4.74 Å². The quantitative estimate of drug-likeness (QED) is 0.331. The summed E-state index contributed by atoms with van der Waals surface area (Å²) in [5, 5.41) is 0. The van der Waals surface area contributed by atoms with Crippen molar-refractivity contribution in [3.8, 4) is 5.75 Å². The van der Waals surface area contributed by atoms with Crippen LogP contribution in [0.25, 0.3) is 0 Å². The van der Waals surface area contributed by atoms with Crippen molar-refractivity contribution in [3.05, 3.63) is 65.5 Å². The molecule has 2 nitrogen and oxygen atoms in total. The molecule has 28 heavy (non-hydrogen) atoms. The van der Waals surface area contributed by atoms with Crippen molar-refractivity contribution in [3.63, 3.8) is 0 Å². The van der Waals surface area contributed by atoms with Crippen LogP contribution in [0.5, 0.6) is 5.75 Å². The predicted octanol–water partition coefficient (Wildman–Crippen LogP) is 7.40. The van der Waals surface area contributed by atoms with Gasteiger partial charge in [0, 0.05) is 7.11 Å². The molecule has 3 rings (SSSR count). The normalized spacial score (nSPS) is 20.7. The minimum atomic E-state index is -0.745. The zero-order valence-corrected chi connectivity index (χ0v) is 17.2. The van der Waals surface area contributed by atoms with E-state index in [2.05, 4.69) is 13.0 Å². The molecule has 0 saturated heterocycles. The maximum atomic E-state index is 14.9. The fourth-order valence-electron chi connectivity index (χ4n) is 4.32. The third kappa shape index (κ3) is 5.57. The van der Waals surface area contributed by atoms with Crippen molar-refractivity contribution >= 4 is 0 Å². The Kier molecular flexibility index (Phi) is 7.90. The summed E-state index contributed by atoms with van der Waals surface area (Å²) in [4.78, 5) is 0. The van der Waals surface area contributed by atoms with E-state index in [0.29, 0.717) is 17.2 Å². The minimum absolute atomic E-state index is 0.245. The van der Waals surface area contributed by atoms with Gasteiger partial charge < -0.3 is 9.47 Å². The van der Waals surface area contributed by atoms with Crippen molar-refractivity contribution in [2.45, 2.75) is 70.5 Å². The summed E-state index contributed by atoms with van der Waals surface area (Å²) in [5.74, 6) is 1.76. The number of methoxy groups -OCH3 is 1. The molecule has 0 bridgehead atoms. The van der Waals surface area contributed by atoms with Crippen LogP contribution < -0.4 is 4.74 Å². The highest BCUT2D eigenvalue weighted by atomic mass is 19.1. The van der Waals surface area contributed by atoms with Crippen LogP contribution >= 0.6 is 0 Å². The number of hydrogen-bond donors (Lipinski definition) is 0. The van der Waals surface area contributed by atoms with Gasteiger partial charge in [0.25, 0.3) is 0 Å². The highest BCUT2D eigenvalue weighted by molar-refractivity contribution is 5.29. The van der Waals surface area contributed by atoms with Gasteiger partial charge in [0.2, 0.25) is 6.29 Å². The Morgan fingerprint density at radius 2 is 1.75 bits per heavy atom. The first kappa shape index (κ1) is 20.9. The summed E-state index contributed by atoms with van der Waals surface area (Å²) in [5.41, 5.74) is 1.56. The number of para-hydroxylation sites is 1. The van der Waals surface area contributed by atoms with Gasteiger partial charge >= 0.3 is 0 Å². The molecule has 2 aromatic carbocycles. The molecule has 1 unspecified atom stereocenters. The van der Waals surface area contributed by atoms with E-state index in [1.807, 2.05) is 36.4 Å². The summed E-state index contributed by atoms with van der Waals surface area (Å²) in [6.45, 7) is 2.26. The fraction of sp³-hybridized carbons (Fsp3) is 0.520. The van der Waals surface area contributed by atoms with Gasteiger partial charge in [-0.15, -0.1) is 0 Å². The van der Waals surface area contributed by atoms with Crippen LogP contribution in [0.2, 0.25) is 0 Å². The van der Waals surface area contributed by atoms with E-state index in [-0.39, 0.29) is 5.82 Å². The van der Waals surface area contributed by atoms with Crippen molar-refractivity contribution < 1.29 is 13.9 Å². The molecular formula is C25H33FO2. The number of benzene rings is 2. The molecule has 1 saturated carbocycles. The second-order valence-electron chi connectivity index (χ2n) is 7.99. The third-order valence-electron chi connectivity index (χ3n) is 6.01. The lowest BCUT2D eigenvalue weighted by atomic mass is 9.77. The minimum Gasteiger partial charge on any atom is -0.461 e. The number of rotatable bonds is 9. The number of halogens is 1. The summed E-state index contributed by atoms with van der Waals surface area (Å²) >= 11 is 0. The van der Waals surface area contributed by atoms with Gasteiger partial charge in [-0.1, -0.05) is 56.9 Å². The van der Waals surface area contributed by atoms with Gasteiger partial charge in [-0.05, 0) is 67.3 Å². The first-order chi connectivity index (χ1) is 13.7. The van der Waals surface area contributed by atoms with E-state index < -0.39 is 6.29 Å². The zero-order valence-electron chi connectivity index (χ0n) is 17.2. The Balaban J connectivity index is 1.61. The summed E-state index contributed by atoms with van der Waals surface area (Å²) < 4.78 is 26.1. The maximum absolute atomic E-state index is 14.9. The van der Waals surface area contributed by atoms with Gasteiger partial charge in [-0.2, -0.15) is 0 Å². The van der Waals surface area contributed by atoms with E-state index in [9.17, 15) is 4.39 Å². The molecule has 152 valence electrons. The largest absolute Gasteiger partial charge is 0.461 e. The van der Waals surface area contributed by atoms with E-state index in [1.165, 1.54) is 51.4 Å². The molecule has 1 aliphatic carbocycles. The Hall–Kier alpha value is -1.87. The first-order valence-electron chi connectivity index (χ1n) is 10.7. The lowest BCUT2D eigenvalue weighted by Crippen LogP contribution is -2.15. The van der Waals surface area contributed by atoms with Crippen molar-refractivity contribution in [1.82, 2.24) is 0 Å². The van der Waals surface area contributed by atoms with Crippen LogP contribution in [0.3, 0.4) is 0 Å². The Bertz CT molecular complexity index is 708. The van der Waals surface area contributed by atoms with E-state index in [1.54, 1.807) is 13.2 Å². The van der Waals surface area contributed by atoms with Crippen molar-refractivity contribution in [2.24, 2.45) is 5.92 Å². The van der Waals surface area contributed by atoms with Gasteiger partial charge in [-0.25, -0.2) is 4.39 Å². The van der Waals surface area contributed by atoms with Crippen molar-refractivity contribution in [2.75, 3.05) is 7.11 Å². The van der Waals surface area contributed by atoms with E-state index >= 15 is 0 Å². The van der Waals surface area contributed by atoms with Crippen molar-refractivity contribution in [1.29, 1.82) is 0 Å². The molecule has 0 radical (unpaired) electrons. The highest BCUT2D eigenvalue weighted by Crippen LogP contribution is 2.38. The zero-order chi connectivity index (χ0) is 19.8. The molecule has 0 spiro atoms. The lowest BCUT2D eigenvalue weighted by Gasteiger charge is -2.29.